The lowest BCUT2D eigenvalue weighted by atomic mass is 10.1. The van der Waals surface area contributed by atoms with Crippen molar-refractivity contribution in [2.24, 2.45) is 0 Å². The van der Waals surface area contributed by atoms with Gasteiger partial charge in [-0.25, -0.2) is 0 Å². The zero-order valence-corrected chi connectivity index (χ0v) is 13.8. The number of ether oxygens (including phenoxy) is 2. The molecule has 0 atom stereocenters. The standard InChI is InChI=1S/C20H16N2O4/c23-20(9-7-14-6-8-17-19(10-14)25-13-24-17)21-12-16-11-18(26-22-16)15-4-2-1-3-5-15/h1-11H,12-13H2,(H,21,23). The van der Waals surface area contributed by atoms with Gasteiger partial charge in [0.2, 0.25) is 12.7 Å². The third kappa shape index (κ3) is 3.59. The fourth-order valence-corrected chi connectivity index (χ4v) is 2.56. The minimum Gasteiger partial charge on any atom is -0.454 e. The summed E-state index contributed by atoms with van der Waals surface area (Å²) in [6.45, 7) is 0.520. The van der Waals surface area contributed by atoms with E-state index in [-0.39, 0.29) is 12.7 Å². The van der Waals surface area contributed by atoms with Gasteiger partial charge < -0.3 is 19.3 Å². The Hall–Kier alpha value is -3.54. The summed E-state index contributed by atoms with van der Waals surface area (Å²) < 4.78 is 15.9. The van der Waals surface area contributed by atoms with E-state index in [2.05, 4.69) is 10.5 Å². The number of benzene rings is 2. The predicted octanol–water partition coefficient (Wildman–Crippen LogP) is 3.40. The SMILES string of the molecule is O=C(C=Cc1ccc2c(c1)OCO2)NCc1cc(-c2ccccc2)on1. The summed E-state index contributed by atoms with van der Waals surface area (Å²) in [5, 5.41) is 6.76. The molecule has 1 aliphatic rings. The van der Waals surface area contributed by atoms with Gasteiger partial charge in [-0.15, -0.1) is 0 Å². The third-order valence-corrected chi connectivity index (χ3v) is 3.88. The maximum Gasteiger partial charge on any atom is 0.244 e. The fourth-order valence-electron chi connectivity index (χ4n) is 2.56. The van der Waals surface area contributed by atoms with E-state index >= 15 is 0 Å². The number of fused-ring (bicyclic) bond motifs is 1. The first-order valence-corrected chi connectivity index (χ1v) is 8.14. The molecule has 1 N–H and O–H groups in total. The second kappa shape index (κ2) is 7.14. The normalized spacial score (nSPS) is 12.5. The van der Waals surface area contributed by atoms with Crippen LogP contribution in [0.4, 0.5) is 0 Å². The fraction of sp³-hybridized carbons (Fsp3) is 0.100. The van der Waals surface area contributed by atoms with Crippen LogP contribution >= 0.6 is 0 Å². The molecule has 0 fully saturated rings. The van der Waals surface area contributed by atoms with E-state index in [1.807, 2.05) is 54.6 Å². The maximum atomic E-state index is 12.0. The largest absolute Gasteiger partial charge is 0.454 e. The van der Waals surface area contributed by atoms with E-state index in [4.69, 9.17) is 14.0 Å². The van der Waals surface area contributed by atoms with Crippen molar-refractivity contribution in [3.63, 3.8) is 0 Å². The molecule has 4 rings (SSSR count). The summed E-state index contributed by atoms with van der Waals surface area (Å²) >= 11 is 0. The summed E-state index contributed by atoms with van der Waals surface area (Å²) in [4.78, 5) is 12.0. The molecule has 0 saturated heterocycles. The molecule has 3 aromatic rings. The number of amides is 1. The monoisotopic (exact) mass is 348 g/mol. The van der Waals surface area contributed by atoms with Crippen molar-refractivity contribution in [2.75, 3.05) is 6.79 Å². The van der Waals surface area contributed by atoms with Crippen molar-refractivity contribution >= 4 is 12.0 Å². The topological polar surface area (TPSA) is 73.6 Å². The molecule has 26 heavy (non-hydrogen) atoms. The Balaban J connectivity index is 1.33. The molecule has 6 nitrogen and oxygen atoms in total. The highest BCUT2D eigenvalue weighted by Gasteiger charge is 2.12. The lowest BCUT2D eigenvalue weighted by molar-refractivity contribution is -0.116. The average molecular weight is 348 g/mol. The highest BCUT2D eigenvalue weighted by atomic mass is 16.7. The third-order valence-electron chi connectivity index (χ3n) is 3.88. The molecule has 6 heteroatoms. The Kier molecular flexibility index (Phi) is 4.38. The number of carbonyl (C=O) groups is 1. The number of nitrogens with zero attached hydrogens (tertiary/aromatic N) is 1. The van der Waals surface area contributed by atoms with Gasteiger partial charge in [0.1, 0.15) is 5.69 Å². The van der Waals surface area contributed by atoms with Crippen molar-refractivity contribution in [2.45, 2.75) is 6.54 Å². The Morgan fingerprint density at radius 3 is 2.81 bits per heavy atom. The smallest absolute Gasteiger partial charge is 0.244 e. The Bertz CT molecular complexity index is 947. The first-order chi connectivity index (χ1) is 12.8. The van der Waals surface area contributed by atoms with Crippen molar-refractivity contribution in [1.29, 1.82) is 0 Å². The molecule has 1 amide bonds. The van der Waals surface area contributed by atoms with Crippen molar-refractivity contribution < 1.29 is 18.8 Å². The van der Waals surface area contributed by atoms with Crippen LogP contribution in [0, 0.1) is 0 Å². The van der Waals surface area contributed by atoms with E-state index in [1.54, 1.807) is 6.08 Å². The molecule has 0 saturated carbocycles. The molecule has 2 aromatic carbocycles. The zero-order valence-electron chi connectivity index (χ0n) is 13.8. The van der Waals surface area contributed by atoms with Crippen LogP contribution in [0.3, 0.4) is 0 Å². The second-order valence-corrected chi connectivity index (χ2v) is 5.71. The van der Waals surface area contributed by atoms with Crippen molar-refractivity contribution in [1.82, 2.24) is 10.5 Å². The summed E-state index contributed by atoms with van der Waals surface area (Å²) in [6, 6.07) is 17.0. The Labute approximate surface area is 150 Å². The Morgan fingerprint density at radius 2 is 1.92 bits per heavy atom. The quantitative estimate of drug-likeness (QED) is 0.716. The van der Waals surface area contributed by atoms with E-state index in [1.165, 1.54) is 6.08 Å². The van der Waals surface area contributed by atoms with Crippen LogP contribution in [0.15, 0.2) is 65.2 Å². The van der Waals surface area contributed by atoms with Gasteiger partial charge in [-0.3, -0.25) is 4.79 Å². The number of nitrogens with one attached hydrogen (secondary N) is 1. The number of rotatable bonds is 5. The first-order valence-electron chi connectivity index (χ1n) is 8.14. The van der Waals surface area contributed by atoms with Gasteiger partial charge in [0.05, 0.1) is 6.54 Å². The lowest BCUT2D eigenvalue weighted by Gasteiger charge is -1.99. The zero-order chi connectivity index (χ0) is 17.8. The van der Waals surface area contributed by atoms with Gasteiger partial charge in [0.15, 0.2) is 17.3 Å². The summed E-state index contributed by atoms with van der Waals surface area (Å²) in [7, 11) is 0. The molecule has 0 bridgehead atoms. The van der Waals surface area contributed by atoms with Crippen LogP contribution in [0.1, 0.15) is 11.3 Å². The molecule has 0 radical (unpaired) electrons. The van der Waals surface area contributed by atoms with Gasteiger partial charge in [0.25, 0.3) is 0 Å². The van der Waals surface area contributed by atoms with Gasteiger partial charge in [0, 0.05) is 17.7 Å². The highest BCUT2D eigenvalue weighted by Crippen LogP contribution is 2.32. The van der Waals surface area contributed by atoms with Crippen LogP contribution in [-0.4, -0.2) is 17.9 Å². The number of aromatic nitrogens is 1. The van der Waals surface area contributed by atoms with Crippen molar-refractivity contribution in [3.05, 3.63) is 71.9 Å². The number of hydrogen-bond acceptors (Lipinski definition) is 5. The van der Waals surface area contributed by atoms with E-state index < -0.39 is 0 Å². The number of hydrogen-bond donors (Lipinski definition) is 1. The summed E-state index contributed by atoms with van der Waals surface area (Å²) in [6.07, 6.45) is 3.19. The molecule has 0 unspecified atom stereocenters. The van der Waals surface area contributed by atoms with Gasteiger partial charge in [-0.2, -0.15) is 0 Å². The average Bonchev–Trinajstić information content (AvgIpc) is 3.34. The first kappa shape index (κ1) is 16.0. The minimum absolute atomic E-state index is 0.216. The minimum atomic E-state index is -0.216. The highest BCUT2D eigenvalue weighted by molar-refractivity contribution is 5.91. The van der Waals surface area contributed by atoms with E-state index in [0.29, 0.717) is 29.5 Å². The van der Waals surface area contributed by atoms with Gasteiger partial charge >= 0.3 is 0 Å². The van der Waals surface area contributed by atoms with Gasteiger partial charge in [-0.1, -0.05) is 41.6 Å². The maximum absolute atomic E-state index is 12.0. The van der Waals surface area contributed by atoms with Crippen molar-refractivity contribution in [3.8, 4) is 22.8 Å². The molecular formula is C20H16N2O4. The van der Waals surface area contributed by atoms with Crippen LogP contribution < -0.4 is 14.8 Å². The molecule has 1 aromatic heterocycles. The summed E-state index contributed by atoms with van der Waals surface area (Å²) in [5.74, 6) is 1.85. The lowest BCUT2D eigenvalue weighted by Crippen LogP contribution is -2.20. The number of carbonyl (C=O) groups excluding carboxylic acids is 1. The second-order valence-electron chi connectivity index (χ2n) is 5.71. The van der Waals surface area contributed by atoms with E-state index in [0.717, 1.165) is 11.1 Å². The predicted molar refractivity (Wildman–Crippen MR) is 95.4 cm³/mol. The van der Waals surface area contributed by atoms with Gasteiger partial charge in [-0.05, 0) is 23.8 Å². The molecule has 2 heterocycles. The van der Waals surface area contributed by atoms with Crippen LogP contribution in [-0.2, 0) is 11.3 Å². The van der Waals surface area contributed by atoms with Crippen LogP contribution in [0.5, 0.6) is 11.5 Å². The molecule has 0 aliphatic carbocycles. The van der Waals surface area contributed by atoms with Crippen LogP contribution in [0.2, 0.25) is 0 Å². The molecule has 130 valence electrons. The van der Waals surface area contributed by atoms with E-state index in [9.17, 15) is 4.79 Å². The molecule has 1 aliphatic heterocycles. The summed E-state index contributed by atoms with van der Waals surface area (Å²) in [5.41, 5.74) is 2.46. The van der Waals surface area contributed by atoms with Crippen LogP contribution in [0.25, 0.3) is 17.4 Å². The Morgan fingerprint density at radius 1 is 1.08 bits per heavy atom. The molecule has 0 spiro atoms. The molecular weight excluding hydrogens is 332 g/mol.